The summed E-state index contributed by atoms with van der Waals surface area (Å²) < 4.78 is 5.48. The van der Waals surface area contributed by atoms with Crippen molar-refractivity contribution < 1.29 is 9.53 Å². The minimum atomic E-state index is -0.0518. The van der Waals surface area contributed by atoms with Crippen molar-refractivity contribution in [3.63, 3.8) is 0 Å². The predicted molar refractivity (Wildman–Crippen MR) is 116 cm³/mol. The van der Waals surface area contributed by atoms with Crippen molar-refractivity contribution in [2.24, 2.45) is 5.92 Å². The monoisotopic (exact) mass is 410 g/mol. The second-order valence-electron chi connectivity index (χ2n) is 7.21. The van der Waals surface area contributed by atoms with Gasteiger partial charge in [0.05, 0.1) is 18.1 Å². The van der Waals surface area contributed by atoms with Crippen LogP contribution in [-0.4, -0.2) is 36.1 Å². The molecular weight excluding hydrogens is 388 g/mol. The lowest BCUT2D eigenvalue weighted by Crippen LogP contribution is -2.39. The molecule has 1 aliphatic rings. The molecule has 1 aliphatic heterocycles. The number of rotatable bonds is 4. The minimum absolute atomic E-state index is 0.0339. The van der Waals surface area contributed by atoms with Gasteiger partial charge in [0.25, 0.3) is 5.88 Å². The minimum Gasteiger partial charge on any atom is -0.478 e. The van der Waals surface area contributed by atoms with E-state index in [9.17, 15) is 4.79 Å². The Kier molecular flexibility index (Phi) is 5.53. The average molecular weight is 411 g/mol. The highest BCUT2D eigenvalue weighted by atomic mass is 35.5. The lowest BCUT2D eigenvalue weighted by molar-refractivity contribution is -0.120. The molecule has 1 aromatic heterocycles. The van der Waals surface area contributed by atoms with Gasteiger partial charge in [0.15, 0.2) is 5.82 Å². The summed E-state index contributed by atoms with van der Waals surface area (Å²) in [5.41, 5.74) is 3.29. The molecule has 2 heterocycles. The van der Waals surface area contributed by atoms with Crippen LogP contribution in [0.15, 0.2) is 42.5 Å². The number of carbonyl (C=O) groups excluding carboxylic acids is 1. The van der Waals surface area contributed by atoms with Gasteiger partial charge in [0.2, 0.25) is 5.91 Å². The van der Waals surface area contributed by atoms with Gasteiger partial charge in [0, 0.05) is 29.7 Å². The molecule has 2 aromatic carbocycles. The highest BCUT2D eigenvalue weighted by Crippen LogP contribution is 2.31. The van der Waals surface area contributed by atoms with E-state index in [0.29, 0.717) is 10.9 Å². The Bertz CT molecular complexity index is 1050. The maximum atomic E-state index is 12.7. The zero-order valence-electron chi connectivity index (χ0n) is 16.5. The number of aromatic nitrogens is 2. The van der Waals surface area contributed by atoms with Gasteiger partial charge >= 0.3 is 0 Å². The number of ether oxygens (including phenoxy) is 1. The van der Waals surface area contributed by atoms with Gasteiger partial charge in [-0.15, -0.1) is 0 Å². The molecule has 7 heteroatoms. The number of fused-ring (bicyclic) bond motifs is 1. The number of carbonyl (C=O) groups is 1. The molecule has 29 heavy (non-hydrogen) atoms. The van der Waals surface area contributed by atoms with Crippen LogP contribution in [0.25, 0.3) is 11.0 Å². The molecule has 1 fully saturated rings. The number of amides is 1. The van der Waals surface area contributed by atoms with Crippen molar-refractivity contribution in [1.29, 1.82) is 0 Å². The Balaban J connectivity index is 1.46. The van der Waals surface area contributed by atoms with Crippen molar-refractivity contribution >= 4 is 40.0 Å². The van der Waals surface area contributed by atoms with Gasteiger partial charge in [-0.3, -0.25) is 4.79 Å². The molecule has 1 saturated heterocycles. The van der Waals surface area contributed by atoms with Crippen LogP contribution in [0.1, 0.15) is 18.4 Å². The van der Waals surface area contributed by atoms with Crippen molar-refractivity contribution in [2.75, 3.05) is 30.4 Å². The normalized spacial score (nSPS) is 14.8. The number of piperidine rings is 1. The standard InChI is InChI=1S/C22H23ClN4O2/c1-14-16(23)6-5-9-17(14)25-21(28)15-10-12-27(13-11-15)20-22(29-2)26-19-8-4-3-7-18(19)24-20/h3-9,15H,10-13H2,1-2H3,(H,25,28). The molecule has 0 saturated carbocycles. The Hall–Kier alpha value is -2.86. The first-order valence-electron chi connectivity index (χ1n) is 9.68. The first kappa shape index (κ1) is 19.5. The molecular formula is C22H23ClN4O2. The number of hydrogen-bond donors (Lipinski definition) is 1. The van der Waals surface area contributed by atoms with E-state index in [0.717, 1.165) is 54.0 Å². The smallest absolute Gasteiger partial charge is 0.257 e. The van der Waals surface area contributed by atoms with E-state index in [-0.39, 0.29) is 11.8 Å². The number of anilines is 2. The molecule has 0 bridgehead atoms. The van der Waals surface area contributed by atoms with Crippen LogP contribution < -0.4 is 15.0 Å². The molecule has 0 aliphatic carbocycles. The predicted octanol–water partition coefficient (Wildman–Crippen LogP) is 4.46. The van der Waals surface area contributed by atoms with Gasteiger partial charge in [-0.2, -0.15) is 0 Å². The van der Waals surface area contributed by atoms with E-state index >= 15 is 0 Å². The number of para-hydroxylation sites is 2. The van der Waals surface area contributed by atoms with Crippen molar-refractivity contribution in [2.45, 2.75) is 19.8 Å². The van der Waals surface area contributed by atoms with Crippen LogP contribution in [0.3, 0.4) is 0 Å². The van der Waals surface area contributed by atoms with Crippen LogP contribution in [0.5, 0.6) is 5.88 Å². The molecule has 150 valence electrons. The van der Waals surface area contributed by atoms with Crippen LogP contribution in [-0.2, 0) is 4.79 Å². The van der Waals surface area contributed by atoms with Gasteiger partial charge in [-0.25, -0.2) is 9.97 Å². The molecule has 1 amide bonds. The van der Waals surface area contributed by atoms with E-state index in [2.05, 4.69) is 15.2 Å². The summed E-state index contributed by atoms with van der Waals surface area (Å²) in [7, 11) is 1.61. The molecule has 0 radical (unpaired) electrons. The van der Waals surface area contributed by atoms with Crippen molar-refractivity contribution in [1.82, 2.24) is 9.97 Å². The number of nitrogens with zero attached hydrogens (tertiary/aromatic N) is 3. The highest BCUT2D eigenvalue weighted by molar-refractivity contribution is 6.31. The highest BCUT2D eigenvalue weighted by Gasteiger charge is 2.28. The zero-order chi connectivity index (χ0) is 20.4. The van der Waals surface area contributed by atoms with Crippen molar-refractivity contribution in [3.8, 4) is 5.88 Å². The van der Waals surface area contributed by atoms with E-state index in [1.165, 1.54) is 0 Å². The quantitative estimate of drug-likeness (QED) is 0.688. The Labute approximate surface area is 174 Å². The first-order chi connectivity index (χ1) is 14.1. The molecule has 4 rings (SSSR count). The SMILES string of the molecule is COc1nc2ccccc2nc1N1CCC(C(=O)Nc2cccc(Cl)c2C)CC1. The lowest BCUT2D eigenvalue weighted by Gasteiger charge is -2.32. The third-order valence-electron chi connectivity index (χ3n) is 5.41. The summed E-state index contributed by atoms with van der Waals surface area (Å²) in [5, 5.41) is 3.68. The molecule has 0 spiro atoms. The second-order valence-corrected chi connectivity index (χ2v) is 7.62. The zero-order valence-corrected chi connectivity index (χ0v) is 17.2. The Morgan fingerprint density at radius 2 is 1.79 bits per heavy atom. The fourth-order valence-corrected chi connectivity index (χ4v) is 3.82. The summed E-state index contributed by atoms with van der Waals surface area (Å²) in [4.78, 5) is 24.2. The number of benzene rings is 2. The summed E-state index contributed by atoms with van der Waals surface area (Å²) >= 11 is 6.16. The largest absolute Gasteiger partial charge is 0.478 e. The number of nitrogens with one attached hydrogen (secondary N) is 1. The maximum absolute atomic E-state index is 12.7. The molecule has 6 nitrogen and oxygen atoms in total. The Morgan fingerprint density at radius 3 is 2.48 bits per heavy atom. The number of halogens is 1. The van der Waals surface area contributed by atoms with Crippen LogP contribution in [0.4, 0.5) is 11.5 Å². The van der Waals surface area contributed by atoms with Crippen LogP contribution in [0.2, 0.25) is 5.02 Å². The van der Waals surface area contributed by atoms with Gasteiger partial charge in [-0.1, -0.05) is 29.8 Å². The fourth-order valence-electron chi connectivity index (χ4n) is 3.65. The average Bonchev–Trinajstić information content (AvgIpc) is 2.76. The summed E-state index contributed by atoms with van der Waals surface area (Å²) in [5.74, 6) is 1.23. The molecule has 3 aromatic rings. The fraction of sp³-hybridized carbons (Fsp3) is 0.318. The van der Waals surface area contributed by atoms with Gasteiger partial charge < -0.3 is 15.0 Å². The van der Waals surface area contributed by atoms with Gasteiger partial charge in [0.1, 0.15) is 0 Å². The van der Waals surface area contributed by atoms with E-state index in [1.54, 1.807) is 7.11 Å². The Morgan fingerprint density at radius 1 is 1.10 bits per heavy atom. The molecule has 1 N–H and O–H groups in total. The summed E-state index contributed by atoms with van der Waals surface area (Å²) in [6.45, 7) is 3.34. The summed E-state index contributed by atoms with van der Waals surface area (Å²) in [6.07, 6.45) is 1.48. The topological polar surface area (TPSA) is 67.4 Å². The van der Waals surface area contributed by atoms with Gasteiger partial charge in [-0.05, 0) is 49.6 Å². The van der Waals surface area contributed by atoms with Crippen LogP contribution >= 0.6 is 11.6 Å². The molecule has 0 unspecified atom stereocenters. The number of methoxy groups -OCH3 is 1. The van der Waals surface area contributed by atoms with E-state index < -0.39 is 0 Å². The molecule has 0 atom stereocenters. The van der Waals surface area contributed by atoms with Crippen LogP contribution in [0, 0.1) is 12.8 Å². The second kappa shape index (κ2) is 8.25. The number of hydrogen-bond acceptors (Lipinski definition) is 5. The third kappa shape index (κ3) is 3.98. The third-order valence-corrected chi connectivity index (χ3v) is 5.82. The summed E-state index contributed by atoms with van der Waals surface area (Å²) in [6, 6.07) is 13.3. The van der Waals surface area contributed by atoms with Crippen molar-refractivity contribution in [3.05, 3.63) is 53.1 Å². The lowest BCUT2D eigenvalue weighted by atomic mass is 9.95. The van der Waals surface area contributed by atoms with E-state index in [1.807, 2.05) is 49.4 Å². The first-order valence-corrected chi connectivity index (χ1v) is 10.1. The van der Waals surface area contributed by atoms with E-state index in [4.69, 9.17) is 21.3 Å². The maximum Gasteiger partial charge on any atom is 0.257 e.